The van der Waals surface area contributed by atoms with Crippen LogP contribution in [-0.2, 0) is 19.1 Å². The number of esters is 2. The Morgan fingerprint density at radius 1 is 0.938 bits per heavy atom. The number of allylic oxidation sites excluding steroid dienone is 2. The van der Waals surface area contributed by atoms with Crippen LogP contribution in [0.4, 0.5) is 5.69 Å². The molecule has 0 saturated heterocycles. The van der Waals surface area contributed by atoms with Crippen molar-refractivity contribution >= 4 is 17.6 Å². The van der Waals surface area contributed by atoms with Crippen molar-refractivity contribution in [2.24, 2.45) is 0 Å². The smallest absolute Gasteiger partial charge is 0.336 e. The van der Waals surface area contributed by atoms with Crippen LogP contribution in [-0.4, -0.2) is 42.0 Å². The summed E-state index contributed by atoms with van der Waals surface area (Å²) in [6.07, 6.45) is 3.23. The van der Waals surface area contributed by atoms with Crippen molar-refractivity contribution < 1.29 is 24.0 Å². The molecule has 0 saturated carbocycles. The van der Waals surface area contributed by atoms with Crippen LogP contribution in [0.5, 0.6) is 0 Å². The predicted molar refractivity (Wildman–Crippen MR) is 121 cm³/mol. The van der Waals surface area contributed by atoms with E-state index in [1.165, 1.54) is 12.1 Å². The maximum Gasteiger partial charge on any atom is 0.336 e. The van der Waals surface area contributed by atoms with Crippen molar-refractivity contribution in [1.82, 2.24) is 4.90 Å². The molecule has 0 amide bonds. The number of carbonyl (C=O) groups excluding carboxylic acids is 2. The third-order valence-corrected chi connectivity index (χ3v) is 5.70. The minimum absolute atomic E-state index is 0.0674. The molecule has 1 aromatic carbocycles. The van der Waals surface area contributed by atoms with Gasteiger partial charge in [0.25, 0.3) is 5.69 Å². The second-order valence-corrected chi connectivity index (χ2v) is 7.82. The van der Waals surface area contributed by atoms with Gasteiger partial charge in [-0.1, -0.05) is 38.8 Å². The summed E-state index contributed by atoms with van der Waals surface area (Å²) in [6.45, 7) is 8.17. The molecule has 8 heteroatoms. The van der Waals surface area contributed by atoms with E-state index in [4.69, 9.17) is 9.47 Å². The van der Waals surface area contributed by atoms with Crippen molar-refractivity contribution in [3.8, 4) is 0 Å². The number of nitrogens with zero attached hydrogens (tertiary/aromatic N) is 2. The Morgan fingerprint density at radius 3 is 1.75 bits per heavy atom. The van der Waals surface area contributed by atoms with E-state index in [9.17, 15) is 19.7 Å². The van der Waals surface area contributed by atoms with Crippen LogP contribution < -0.4 is 0 Å². The summed E-state index contributed by atoms with van der Waals surface area (Å²) in [6, 6.07) is 5.90. The molecule has 174 valence electrons. The van der Waals surface area contributed by atoms with Gasteiger partial charge in [0.1, 0.15) is 0 Å². The summed E-state index contributed by atoms with van der Waals surface area (Å²) in [5.74, 6) is -1.75. The quantitative estimate of drug-likeness (QED) is 0.220. The average molecular weight is 445 g/mol. The lowest BCUT2D eigenvalue weighted by molar-refractivity contribution is -0.384. The Labute approximate surface area is 189 Å². The van der Waals surface area contributed by atoms with E-state index in [0.29, 0.717) is 28.1 Å². The molecule has 2 rings (SSSR count). The van der Waals surface area contributed by atoms with Gasteiger partial charge in [-0.2, -0.15) is 0 Å². The SMILES string of the molecule is CCCCOC(=O)C1=C(C)N(C)C(C)=C(C(=O)OCCCC)C1c1ccc([N+](=O)[O-])cc1. The first kappa shape index (κ1) is 25.1. The minimum Gasteiger partial charge on any atom is -0.462 e. The normalized spacial score (nSPS) is 14.6. The highest BCUT2D eigenvalue weighted by molar-refractivity contribution is 5.99. The Balaban J connectivity index is 2.57. The molecule has 0 unspecified atom stereocenters. The standard InChI is InChI=1S/C24H32N2O6/c1-6-8-14-31-23(27)20-16(3)25(5)17(4)21(24(28)32-15-9-7-2)22(20)18-10-12-19(13-11-18)26(29)30/h10-13,22H,6-9,14-15H2,1-5H3. The number of ether oxygens (including phenoxy) is 2. The number of non-ortho nitro benzene ring substituents is 1. The molecule has 0 radical (unpaired) electrons. The van der Waals surface area contributed by atoms with Crippen LogP contribution in [0.2, 0.25) is 0 Å². The van der Waals surface area contributed by atoms with Gasteiger partial charge >= 0.3 is 11.9 Å². The van der Waals surface area contributed by atoms with E-state index < -0.39 is 22.8 Å². The van der Waals surface area contributed by atoms with Crippen molar-refractivity contribution in [2.45, 2.75) is 59.3 Å². The molecule has 1 aromatic rings. The number of nitro groups is 1. The zero-order chi connectivity index (χ0) is 23.8. The first-order valence-electron chi connectivity index (χ1n) is 11.0. The summed E-state index contributed by atoms with van der Waals surface area (Å²) in [5, 5.41) is 11.1. The fourth-order valence-corrected chi connectivity index (χ4v) is 3.60. The molecule has 0 fully saturated rings. The topological polar surface area (TPSA) is 99.0 Å². The number of benzene rings is 1. The van der Waals surface area contributed by atoms with Gasteiger partial charge in [-0.15, -0.1) is 0 Å². The zero-order valence-electron chi connectivity index (χ0n) is 19.5. The molecule has 1 aliphatic rings. The molecule has 0 spiro atoms. The second kappa shape index (κ2) is 11.5. The Kier molecular flexibility index (Phi) is 8.99. The summed E-state index contributed by atoms with van der Waals surface area (Å²) < 4.78 is 11.0. The largest absolute Gasteiger partial charge is 0.462 e. The Bertz CT molecular complexity index is 871. The zero-order valence-corrected chi connectivity index (χ0v) is 19.5. The molecule has 32 heavy (non-hydrogen) atoms. The number of carbonyl (C=O) groups is 2. The molecule has 1 aliphatic heterocycles. The van der Waals surface area contributed by atoms with E-state index in [1.807, 2.05) is 13.8 Å². The molecular formula is C24H32N2O6. The lowest BCUT2D eigenvalue weighted by Gasteiger charge is -2.35. The molecule has 0 bridgehead atoms. The van der Waals surface area contributed by atoms with Crippen LogP contribution in [0.3, 0.4) is 0 Å². The predicted octanol–water partition coefficient (Wildman–Crippen LogP) is 4.86. The average Bonchev–Trinajstić information content (AvgIpc) is 2.77. The maximum absolute atomic E-state index is 13.1. The van der Waals surface area contributed by atoms with Crippen LogP contribution in [0.1, 0.15) is 64.9 Å². The summed E-state index contributed by atoms with van der Waals surface area (Å²) in [4.78, 5) is 38.7. The first-order chi connectivity index (χ1) is 15.2. The van der Waals surface area contributed by atoms with Crippen molar-refractivity contribution in [1.29, 1.82) is 0 Å². The van der Waals surface area contributed by atoms with Crippen molar-refractivity contribution in [2.75, 3.05) is 20.3 Å². The van der Waals surface area contributed by atoms with E-state index in [0.717, 1.165) is 25.7 Å². The van der Waals surface area contributed by atoms with Crippen LogP contribution >= 0.6 is 0 Å². The molecule has 0 N–H and O–H groups in total. The van der Waals surface area contributed by atoms with Crippen LogP contribution in [0.15, 0.2) is 46.8 Å². The highest BCUT2D eigenvalue weighted by atomic mass is 16.6. The number of hydrogen-bond acceptors (Lipinski definition) is 7. The van der Waals surface area contributed by atoms with Gasteiger partial charge in [0.05, 0.1) is 35.2 Å². The number of hydrogen-bond donors (Lipinski definition) is 0. The minimum atomic E-state index is -0.741. The first-order valence-corrected chi connectivity index (χ1v) is 11.0. The maximum atomic E-state index is 13.1. The van der Waals surface area contributed by atoms with Gasteiger partial charge in [0.15, 0.2) is 0 Å². The highest BCUT2D eigenvalue weighted by Gasteiger charge is 2.39. The summed E-state index contributed by atoms with van der Waals surface area (Å²) in [5.41, 5.74) is 2.53. The lowest BCUT2D eigenvalue weighted by Crippen LogP contribution is -2.33. The van der Waals surface area contributed by atoms with Gasteiger partial charge < -0.3 is 14.4 Å². The van der Waals surface area contributed by atoms with Crippen molar-refractivity contribution in [3.05, 3.63) is 62.5 Å². The van der Waals surface area contributed by atoms with Crippen molar-refractivity contribution in [3.63, 3.8) is 0 Å². The lowest BCUT2D eigenvalue weighted by atomic mass is 9.80. The van der Waals surface area contributed by atoms with E-state index in [-0.39, 0.29) is 18.9 Å². The Hall–Kier alpha value is -3.16. The van der Waals surface area contributed by atoms with Gasteiger partial charge in [-0.3, -0.25) is 10.1 Å². The molecule has 0 aromatic heterocycles. The highest BCUT2D eigenvalue weighted by Crippen LogP contribution is 2.42. The number of unbranched alkanes of at least 4 members (excludes halogenated alkanes) is 2. The van der Waals surface area contributed by atoms with Gasteiger partial charge in [-0.25, -0.2) is 9.59 Å². The molecule has 0 atom stereocenters. The van der Waals surface area contributed by atoms with Crippen LogP contribution in [0.25, 0.3) is 0 Å². The van der Waals surface area contributed by atoms with Gasteiger partial charge in [-0.05, 0) is 32.3 Å². The van der Waals surface area contributed by atoms with Gasteiger partial charge in [0, 0.05) is 30.6 Å². The number of nitro benzene ring substituents is 1. The monoisotopic (exact) mass is 444 g/mol. The second-order valence-electron chi connectivity index (χ2n) is 7.82. The summed E-state index contributed by atoms with van der Waals surface area (Å²) >= 11 is 0. The molecule has 0 aliphatic carbocycles. The van der Waals surface area contributed by atoms with Crippen LogP contribution in [0, 0.1) is 10.1 Å². The van der Waals surface area contributed by atoms with Gasteiger partial charge in [0.2, 0.25) is 0 Å². The molecule has 8 nitrogen and oxygen atoms in total. The van der Waals surface area contributed by atoms with E-state index >= 15 is 0 Å². The summed E-state index contributed by atoms with van der Waals surface area (Å²) in [7, 11) is 1.79. The molecule has 1 heterocycles. The fourth-order valence-electron chi connectivity index (χ4n) is 3.60. The number of rotatable bonds is 10. The third kappa shape index (κ3) is 5.55. The molecular weight excluding hydrogens is 412 g/mol. The van der Waals surface area contributed by atoms with E-state index in [2.05, 4.69) is 0 Å². The third-order valence-electron chi connectivity index (χ3n) is 5.70. The van der Waals surface area contributed by atoms with E-state index in [1.54, 1.807) is 37.9 Å². The fraction of sp³-hybridized carbons (Fsp3) is 0.500. The Morgan fingerprint density at radius 2 is 1.38 bits per heavy atom.